The molecule has 0 spiro atoms. The van der Waals surface area contributed by atoms with Crippen LogP contribution < -0.4 is 10.9 Å². The van der Waals surface area contributed by atoms with Crippen LogP contribution in [0.2, 0.25) is 0 Å². The van der Waals surface area contributed by atoms with Gasteiger partial charge in [0.1, 0.15) is 12.4 Å². The minimum atomic E-state index is -0.732. The molecule has 2 aromatic carbocycles. The van der Waals surface area contributed by atoms with Gasteiger partial charge in [-0.3, -0.25) is 9.59 Å². The monoisotopic (exact) mass is 354 g/mol. The number of amides is 1. The number of rotatable bonds is 4. The molecule has 3 aromatic rings. The minimum absolute atomic E-state index is 0.0624. The normalized spacial score (nSPS) is 10.5. The summed E-state index contributed by atoms with van der Waals surface area (Å²) in [4.78, 5) is 38.0. The van der Waals surface area contributed by atoms with Crippen LogP contribution in [0.1, 0.15) is 22.8 Å². The molecule has 132 valence electrons. The number of esters is 1. The molecule has 0 aliphatic carbocycles. The van der Waals surface area contributed by atoms with E-state index in [-0.39, 0.29) is 23.4 Å². The van der Waals surface area contributed by atoms with E-state index in [2.05, 4.69) is 10.3 Å². The zero-order valence-electron chi connectivity index (χ0n) is 13.8. The highest BCUT2D eigenvalue weighted by molar-refractivity contribution is 5.93. The van der Waals surface area contributed by atoms with E-state index in [1.807, 2.05) is 12.1 Å². The number of aromatic amines is 1. The zero-order chi connectivity index (χ0) is 18.7. The molecular formula is C19H15FN2O4. The number of pyridine rings is 1. The van der Waals surface area contributed by atoms with E-state index in [0.29, 0.717) is 11.1 Å². The van der Waals surface area contributed by atoms with Gasteiger partial charge in [0.15, 0.2) is 0 Å². The average Bonchev–Trinajstić information content (AvgIpc) is 2.61. The van der Waals surface area contributed by atoms with Crippen LogP contribution in [-0.4, -0.2) is 16.9 Å². The van der Waals surface area contributed by atoms with Crippen molar-refractivity contribution in [1.82, 2.24) is 4.98 Å². The second-order valence-corrected chi connectivity index (χ2v) is 5.66. The van der Waals surface area contributed by atoms with Gasteiger partial charge in [-0.25, -0.2) is 9.18 Å². The number of ether oxygens (including phenoxy) is 1. The Morgan fingerprint density at radius 1 is 1.15 bits per heavy atom. The Labute approximate surface area is 147 Å². The summed E-state index contributed by atoms with van der Waals surface area (Å²) >= 11 is 0. The Hall–Kier alpha value is -3.48. The van der Waals surface area contributed by atoms with Crippen LogP contribution >= 0.6 is 0 Å². The highest BCUT2D eigenvalue weighted by Gasteiger charge is 2.13. The van der Waals surface area contributed by atoms with Crippen LogP contribution in [0.25, 0.3) is 10.9 Å². The van der Waals surface area contributed by atoms with Gasteiger partial charge in [-0.1, -0.05) is 18.2 Å². The lowest BCUT2D eigenvalue weighted by molar-refractivity contribution is -0.114. The fraction of sp³-hybridized carbons (Fsp3) is 0.105. The first-order chi connectivity index (χ1) is 12.4. The predicted octanol–water partition coefficient (Wildman–Crippen LogP) is 2.98. The van der Waals surface area contributed by atoms with Crippen molar-refractivity contribution in [2.45, 2.75) is 13.5 Å². The molecule has 1 aromatic heterocycles. The summed E-state index contributed by atoms with van der Waals surface area (Å²) in [5.74, 6) is -1.86. The van der Waals surface area contributed by atoms with Crippen LogP contribution in [0, 0.1) is 5.82 Å². The van der Waals surface area contributed by atoms with Crippen molar-refractivity contribution in [3.63, 3.8) is 0 Å². The van der Waals surface area contributed by atoms with E-state index < -0.39 is 17.7 Å². The standard InChI is InChI=1S/C19H15FN2O4/c1-11(23)21-17-9-13(6-7-15(17)20)19(25)26-10-14-8-12-4-2-3-5-16(12)22-18(14)24/h2-9H,10H2,1H3,(H,21,23)(H,22,24). The summed E-state index contributed by atoms with van der Waals surface area (Å²) in [6.07, 6.45) is 0. The third-order valence-corrected chi connectivity index (χ3v) is 3.70. The molecule has 1 amide bonds. The molecule has 0 aliphatic rings. The van der Waals surface area contributed by atoms with E-state index in [9.17, 15) is 18.8 Å². The van der Waals surface area contributed by atoms with Crippen molar-refractivity contribution >= 4 is 28.5 Å². The third-order valence-electron chi connectivity index (χ3n) is 3.70. The number of hydrogen-bond acceptors (Lipinski definition) is 4. The molecule has 0 saturated carbocycles. The second-order valence-electron chi connectivity index (χ2n) is 5.66. The lowest BCUT2D eigenvalue weighted by Crippen LogP contribution is -2.16. The number of carbonyl (C=O) groups excluding carboxylic acids is 2. The van der Waals surface area contributed by atoms with Crippen molar-refractivity contribution in [3.8, 4) is 0 Å². The first-order valence-corrected chi connectivity index (χ1v) is 7.79. The van der Waals surface area contributed by atoms with Gasteiger partial charge in [-0.15, -0.1) is 0 Å². The number of anilines is 1. The topological polar surface area (TPSA) is 88.3 Å². The van der Waals surface area contributed by atoms with Gasteiger partial charge in [0.25, 0.3) is 5.56 Å². The summed E-state index contributed by atoms with van der Waals surface area (Å²) in [6.45, 7) is 1.00. The van der Waals surface area contributed by atoms with E-state index in [0.717, 1.165) is 11.5 Å². The molecular weight excluding hydrogens is 339 g/mol. The average molecular weight is 354 g/mol. The number of hydrogen-bond donors (Lipinski definition) is 2. The number of benzene rings is 2. The summed E-state index contributed by atoms with van der Waals surface area (Å²) < 4.78 is 18.8. The maximum absolute atomic E-state index is 13.6. The summed E-state index contributed by atoms with van der Waals surface area (Å²) in [5, 5.41) is 3.11. The Balaban J connectivity index is 1.78. The number of aromatic nitrogens is 1. The maximum Gasteiger partial charge on any atom is 0.338 e. The Bertz CT molecular complexity index is 1060. The molecule has 3 rings (SSSR count). The number of H-pyrrole nitrogens is 1. The number of carbonyl (C=O) groups is 2. The molecule has 0 radical (unpaired) electrons. The molecule has 0 fully saturated rings. The molecule has 7 heteroatoms. The molecule has 0 atom stereocenters. The van der Waals surface area contributed by atoms with Crippen molar-refractivity contribution in [1.29, 1.82) is 0 Å². The Kier molecular flexibility index (Phi) is 4.79. The van der Waals surface area contributed by atoms with Gasteiger partial charge in [0.05, 0.1) is 16.8 Å². The van der Waals surface area contributed by atoms with Crippen molar-refractivity contribution in [2.24, 2.45) is 0 Å². The molecule has 6 nitrogen and oxygen atoms in total. The van der Waals surface area contributed by atoms with Gasteiger partial charge in [-0.05, 0) is 35.7 Å². The fourth-order valence-electron chi connectivity index (χ4n) is 2.46. The highest BCUT2D eigenvalue weighted by atomic mass is 19.1. The smallest absolute Gasteiger partial charge is 0.338 e. The van der Waals surface area contributed by atoms with Gasteiger partial charge >= 0.3 is 5.97 Å². The van der Waals surface area contributed by atoms with Crippen LogP contribution in [0.5, 0.6) is 0 Å². The van der Waals surface area contributed by atoms with Crippen LogP contribution in [0.15, 0.2) is 53.3 Å². The quantitative estimate of drug-likeness (QED) is 0.705. The summed E-state index contributed by atoms with van der Waals surface area (Å²) in [6, 6.07) is 12.4. The van der Waals surface area contributed by atoms with Crippen LogP contribution in [-0.2, 0) is 16.1 Å². The SMILES string of the molecule is CC(=O)Nc1cc(C(=O)OCc2cc3ccccc3[nH]c2=O)ccc1F. The largest absolute Gasteiger partial charge is 0.457 e. The van der Waals surface area contributed by atoms with E-state index >= 15 is 0 Å². The lowest BCUT2D eigenvalue weighted by Gasteiger charge is -2.08. The number of halogens is 1. The maximum atomic E-state index is 13.6. The summed E-state index contributed by atoms with van der Waals surface area (Å²) in [7, 11) is 0. The predicted molar refractivity (Wildman–Crippen MR) is 94.4 cm³/mol. The Morgan fingerprint density at radius 3 is 2.69 bits per heavy atom. The van der Waals surface area contributed by atoms with Gasteiger partial charge in [0.2, 0.25) is 5.91 Å². The molecule has 2 N–H and O–H groups in total. The third kappa shape index (κ3) is 3.77. The van der Waals surface area contributed by atoms with Gasteiger partial charge in [0, 0.05) is 12.4 Å². The van der Waals surface area contributed by atoms with Gasteiger partial charge < -0.3 is 15.0 Å². The van der Waals surface area contributed by atoms with Gasteiger partial charge in [-0.2, -0.15) is 0 Å². The molecule has 1 heterocycles. The number of nitrogens with one attached hydrogen (secondary N) is 2. The second kappa shape index (κ2) is 7.18. The summed E-state index contributed by atoms with van der Waals surface area (Å²) in [5.41, 5.74) is 0.574. The number of para-hydroxylation sites is 1. The first-order valence-electron chi connectivity index (χ1n) is 7.79. The first kappa shape index (κ1) is 17.3. The molecule has 0 unspecified atom stereocenters. The highest BCUT2D eigenvalue weighted by Crippen LogP contribution is 2.17. The Morgan fingerprint density at radius 2 is 1.92 bits per heavy atom. The fourth-order valence-corrected chi connectivity index (χ4v) is 2.46. The van der Waals surface area contributed by atoms with Crippen molar-refractivity contribution in [3.05, 3.63) is 75.8 Å². The minimum Gasteiger partial charge on any atom is -0.457 e. The molecule has 0 saturated heterocycles. The van der Waals surface area contributed by atoms with E-state index in [1.165, 1.54) is 19.1 Å². The van der Waals surface area contributed by atoms with Crippen molar-refractivity contribution < 1.29 is 18.7 Å². The van der Waals surface area contributed by atoms with E-state index in [4.69, 9.17) is 4.74 Å². The van der Waals surface area contributed by atoms with Crippen LogP contribution in [0.4, 0.5) is 10.1 Å². The lowest BCUT2D eigenvalue weighted by atomic mass is 10.1. The molecule has 0 aliphatic heterocycles. The van der Waals surface area contributed by atoms with Crippen LogP contribution in [0.3, 0.4) is 0 Å². The zero-order valence-corrected chi connectivity index (χ0v) is 13.8. The van der Waals surface area contributed by atoms with E-state index in [1.54, 1.807) is 18.2 Å². The number of fused-ring (bicyclic) bond motifs is 1. The van der Waals surface area contributed by atoms with Crippen molar-refractivity contribution in [2.75, 3.05) is 5.32 Å². The molecule has 0 bridgehead atoms. The molecule has 26 heavy (non-hydrogen) atoms.